The molecule has 11 heteroatoms. The SMILES string of the molecule is CC[C@H](C(=O)O)[C@@H](O)[C@@H](O)n1cnc2c(NCc3cccc(I)c3)nc(Cl)nc21. The van der Waals surface area contributed by atoms with Crippen LogP contribution in [0, 0.1) is 9.49 Å². The first-order valence-electron chi connectivity index (χ1n) is 8.79. The quantitative estimate of drug-likeness (QED) is 0.258. The molecule has 154 valence electrons. The van der Waals surface area contributed by atoms with E-state index >= 15 is 0 Å². The van der Waals surface area contributed by atoms with Gasteiger partial charge < -0.3 is 20.6 Å². The molecule has 0 unspecified atom stereocenters. The van der Waals surface area contributed by atoms with Gasteiger partial charge in [0.25, 0.3) is 0 Å². The number of hydrogen-bond donors (Lipinski definition) is 4. The first-order valence-corrected chi connectivity index (χ1v) is 10.2. The number of carboxylic acid groups (broad SMARTS) is 1. The van der Waals surface area contributed by atoms with E-state index in [0.717, 1.165) is 9.13 Å². The number of rotatable bonds is 8. The largest absolute Gasteiger partial charge is 0.481 e. The van der Waals surface area contributed by atoms with Gasteiger partial charge in [0.2, 0.25) is 5.28 Å². The number of nitrogens with one attached hydrogen (secondary N) is 1. The molecule has 0 aliphatic rings. The van der Waals surface area contributed by atoms with Crippen LogP contribution >= 0.6 is 34.2 Å². The summed E-state index contributed by atoms with van der Waals surface area (Å²) in [4.78, 5) is 23.8. The van der Waals surface area contributed by atoms with Crippen molar-refractivity contribution in [1.82, 2.24) is 19.5 Å². The van der Waals surface area contributed by atoms with Crippen molar-refractivity contribution in [3.63, 3.8) is 0 Å². The zero-order valence-corrected chi connectivity index (χ0v) is 18.2. The summed E-state index contributed by atoms with van der Waals surface area (Å²) in [7, 11) is 0. The van der Waals surface area contributed by atoms with Gasteiger partial charge in [-0.05, 0) is 58.3 Å². The van der Waals surface area contributed by atoms with Crippen molar-refractivity contribution in [2.24, 2.45) is 5.92 Å². The summed E-state index contributed by atoms with van der Waals surface area (Å²) >= 11 is 8.27. The van der Waals surface area contributed by atoms with Gasteiger partial charge in [-0.2, -0.15) is 9.97 Å². The summed E-state index contributed by atoms with van der Waals surface area (Å²) in [5.41, 5.74) is 1.55. The average molecular weight is 532 g/mol. The van der Waals surface area contributed by atoms with Crippen LogP contribution in [-0.2, 0) is 11.3 Å². The summed E-state index contributed by atoms with van der Waals surface area (Å²) in [5.74, 6) is -1.97. The zero-order valence-electron chi connectivity index (χ0n) is 15.3. The van der Waals surface area contributed by atoms with E-state index in [0.29, 0.717) is 17.9 Å². The van der Waals surface area contributed by atoms with Crippen molar-refractivity contribution in [1.29, 1.82) is 0 Å². The lowest BCUT2D eigenvalue weighted by Crippen LogP contribution is -2.35. The van der Waals surface area contributed by atoms with Crippen LogP contribution in [0.3, 0.4) is 0 Å². The molecule has 3 aromatic rings. The molecule has 3 rings (SSSR count). The van der Waals surface area contributed by atoms with E-state index in [9.17, 15) is 20.1 Å². The molecule has 0 aliphatic heterocycles. The van der Waals surface area contributed by atoms with Gasteiger partial charge in [-0.15, -0.1) is 0 Å². The Labute approximate surface area is 184 Å². The summed E-state index contributed by atoms with van der Waals surface area (Å²) in [6.07, 6.45) is -1.69. The molecule has 2 aromatic heterocycles. The Hall–Kier alpha value is -2.02. The molecular weight excluding hydrogens is 513 g/mol. The standard InChI is InChI=1S/C18H19ClIN5O4/c1-2-11(17(28)29)13(26)16(27)25-8-22-12-14(23-18(19)24-15(12)25)21-7-9-4-3-5-10(20)6-9/h3-6,8,11,13,16,26-27H,2,7H2,1H3,(H,28,29)(H,21,23,24)/t11-,13+,16+/m0/s1. The number of aliphatic carboxylic acids is 1. The van der Waals surface area contributed by atoms with Crippen LogP contribution in [0.5, 0.6) is 0 Å². The fourth-order valence-corrected chi connectivity index (χ4v) is 3.75. The molecule has 0 aliphatic carbocycles. The number of halogens is 2. The van der Waals surface area contributed by atoms with Crippen LogP contribution in [0.2, 0.25) is 5.28 Å². The van der Waals surface area contributed by atoms with E-state index in [1.54, 1.807) is 6.92 Å². The number of anilines is 1. The fraction of sp³-hybridized carbons (Fsp3) is 0.333. The van der Waals surface area contributed by atoms with Crippen LogP contribution in [0.25, 0.3) is 11.2 Å². The lowest BCUT2D eigenvalue weighted by atomic mass is 9.98. The third-order valence-electron chi connectivity index (χ3n) is 4.50. The van der Waals surface area contributed by atoms with Crippen LogP contribution in [-0.4, -0.2) is 46.9 Å². The number of imidazole rings is 1. The van der Waals surface area contributed by atoms with Crippen molar-refractivity contribution in [2.75, 3.05) is 5.32 Å². The highest BCUT2D eigenvalue weighted by molar-refractivity contribution is 14.1. The third-order valence-corrected chi connectivity index (χ3v) is 5.34. The fourth-order valence-electron chi connectivity index (χ4n) is 2.97. The highest BCUT2D eigenvalue weighted by Gasteiger charge is 2.32. The number of carbonyl (C=O) groups is 1. The number of aliphatic hydroxyl groups is 2. The van der Waals surface area contributed by atoms with Gasteiger partial charge in [0.15, 0.2) is 23.2 Å². The first kappa shape index (κ1) is 21.7. The molecule has 0 saturated carbocycles. The molecule has 0 amide bonds. The topological polar surface area (TPSA) is 133 Å². The van der Waals surface area contributed by atoms with E-state index in [2.05, 4.69) is 42.9 Å². The molecule has 9 nitrogen and oxygen atoms in total. The van der Waals surface area contributed by atoms with Gasteiger partial charge in [0.05, 0.1) is 12.2 Å². The Kier molecular flexibility index (Phi) is 6.88. The Morgan fingerprint density at radius 1 is 1.34 bits per heavy atom. The molecule has 0 radical (unpaired) electrons. The van der Waals surface area contributed by atoms with Crippen LogP contribution in [0.1, 0.15) is 25.1 Å². The van der Waals surface area contributed by atoms with Gasteiger partial charge in [-0.3, -0.25) is 9.36 Å². The zero-order chi connectivity index (χ0) is 21.1. The Morgan fingerprint density at radius 2 is 2.10 bits per heavy atom. The van der Waals surface area contributed by atoms with Gasteiger partial charge in [-0.25, -0.2) is 4.98 Å². The predicted octanol–water partition coefficient (Wildman–Crippen LogP) is 2.66. The monoisotopic (exact) mass is 531 g/mol. The second kappa shape index (κ2) is 9.20. The normalized spacial score (nSPS) is 14.5. The minimum Gasteiger partial charge on any atom is -0.481 e. The van der Waals surface area contributed by atoms with Crippen molar-refractivity contribution in [2.45, 2.75) is 32.2 Å². The minimum absolute atomic E-state index is 0.0728. The van der Waals surface area contributed by atoms with Crippen molar-refractivity contribution < 1.29 is 20.1 Å². The molecule has 0 spiro atoms. The maximum Gasteiger partial charge on any atom is 0.309 e. The molecular formula is C18H19ClIN5O4. The number of hydrogen-bond acceptors (Lipinski definition) is 7. The number of benzene rings is 1. The molecule has 0 bridgehead atoms. The van der Waals surface area contributed by atoms with Gasteiger partial charge >= 0.3 is 5.97 Å². The molecule has 2 heterocycles. The van der Waals surface area contributed by atoms with Crippen LogP contribution in [0.15, 0.2) is 30.6 Å². The van der Waals surface area contributed by atoms with E-state index in [1.807, 2.05) is 24.3 Å². The Balaban J connectivity index is 1.91. The van der Waals surface area contributed by atoms with Crippen molar-refractivity contribution in [3.8, 4) is 0 Å². The number of fused-ring (bicyclic) bond motifs is 1. The second-order valence-electron chi connectivity index (χ2n) is 6.41. The van der Waals surface area contributed by atoms with E-state index in [1.165, 1.54) is 10.9 Å². The lowest BCUT2D eigenvalue weighted by molar-refractivity contribution is -0.152. The Bertz CT molecular complexity index is 1030. The smallest absolute Gasteiger partial charge is 0.309 e. The lowest BCUT2D eigenvalue weighted by Gasteiger charge is -2.24. The van der Waals surface area contributed by atoms with Gasteiger partial charge in [0, 0.05) is 10.1 Å². The van der Waals surface area contributed by atoms with E-state index in [4.69, 9.17) is 11.6 Å². The summed E-state index contributed by atoms with van der Waals surface area (Å²) in [6, 6.07) is 7.91. The number of nitrogens with zero attached hydrogens (tertiary/aromatic N) is 4. The number of aromatic nitrogens is 4. The predicted molar refractivity (Wildman–Crippen MR) is 115 cm³/mol. The summed E-state index contributed by atoms with van der Waals surface area (Å²) < 4.78 is 2.29. The minimum atomic E-state index is -1.56. The highest BCUT2D eigenvalue weighted by Crippen LogP contribution is 2.27. The van der Waals surface area contributed by atoms with Gasteiger partial charge in [-0.1, -0.05) is 19.1 Å². The molecule has 29 heavy (non-hydrogen) atoms. The molecule has 3 atom stereocenters. The molecule has 0 saturated heterocycles. The van der Waals surface area contributed by atoms with E-state index in [-0.39, 0.29) is 17.4 Å². The first-order chi connectivity index (χ1) is 13.8. The molecule has 0 fully saturated rings. The summed E-state index contributed by atoms with van der Waals surface area (Å²) in [6.45, 7) is 2.08. The van der Waals surface area contributed by atoms with E-state index < -0.39 is 24.2 Å². The van der Waals surface area contributed by atoms with Crippen molar-refractivity contribution >= 4 is 57.1 Å². The molecule has 4 N–H and O–H groups in total. The molecule has 1 aromatic carbocycles. The second-order valence-corrected chi connectivity index (χ2v) is 7.99. The maximum atomic E-state index is 11.3. The van der Waals surface area contributed by atoms with Gasteiger partial charge in [0.1, 0.15) is 6.10 Å². The third kappa shape index (κ3) is 4.77. The average Bonchev–Trinajstić information content (AvgIpc) is 3.09. The number of aliphatic hydroxyl groups excluding tert-OH is 2. The van der Waals surface area contributed by atoms with Crippen LogP contribution < -0.4 is 5.32 Å². The van der Waals surface area contributed by atoms with Crippen molar-refractivity contribution in [3.05, 3.63) is 45.0 Å². The number of carboxylic acids is 1. The Morgan fingerprint density at radius 3 is 2.76 bits per heavy atom. The maximum absolute atomic E-state index is 11.3. The summed E-state index contributed by atoms with van der Waals surface area (Å²) in [5, 5.41) is 33.2. The van der Waals surface area contributed by atoms with Crippen LogP contribution in [0.4, 0.5) is 5.82 Å². The highest BCUT2D eigenvalue weighted by atomic mass is 127.